The molecule has 2 amide bonds. The Balaban J connectivity index is 1.95. The number of carbonyl (C=O) groups is 1. The lowest BCUT2D eigenvalue weighted by molar-refractivity contribution is 0.202. The van der Waals surface area contributed by atoms with E-state index in [9.17, 15) is 13.2 Å². The van der Waals surface area contributed by atoms with Crippen LogP contribution in [0.1, 0.15) is 5.56 Å². The van der Waals surface area contributed by atoms with Gasteiger partial charge in [-0.05, 0) is 30.7 Å². The largest absolute Gasteiger partial charge is 0.491 e. The molecule has 0 unspecified atom stereocenters. The number of rotatable bonds is 5. The van der Waals surface area contributed by atoms with Gasteiger partial charge >= 0.3 is 6.03 Å². The minimum absolute atomic E-state index is 0.0444. The highest BCUT2D eigenvalue weighted by atomic mass is 35.7. The van der Waals surface area contributed by atoms with E-state index in [1.54, 1.807) is 17.9 Å². The predicted molar refractivity (Wildman–Crippen MR) is 74.7 cm³/mol. The van der Waals surface area contributed by atoms with E-state index in [1.165, 1.54) is 12.1 Å². The molecule has 0 saturated carbocycles. The number of ether oxygens (including phenoxy) is 1. The number of aryl methyl sites for hydroxylation is 1. The van der Waals surface area contributed by atoms with Crippen LogP contribution in [0.25, 0.3) is 0 Å². The van der Waals surface area contributed by atoms with Crippen molar-refractivity contribution in [2.45, 2.75) is 11.8 Å². The summed E-state index contributed by atoms with van der Waals surface area (Å²) in [5.74, 6) is 0.577. The lowest BCUT2D eigenvalue weighted by Crippen LogP contribution is -2.31. The van der Waals surface area contributed by atoms with E-state index in [-0.39, 0.29) is 10.9 Å². The van der Waals surface area contributed by atoms with E-state index in [0.29, 0.717) is 37.6 Å². The first-order valence-corrected chi connectivity index (χ1v) is 8.40. The van der Waals surface area contributed by atoms with E-state index in [2.05, 4.69) is 5.32 Å². The fourth-order valence-corrected chi connectivity index (χ4v) is 2.76. The molecule has 1 aliphatic heterocycles. The third kappa shape index (κ3) is 3.55. The second-order valence-corrected chi connectivity index (χ2v) is 7.00. The van der Waals surface area contributed by atoms with Gasteiger partial charge in [-0.1, -0.05) is 0 Å². The molecule has 1 aliphatic rings. The third-order valence-electron chi connectivity index (χ3n) is 2.99. The monoisotopic (exact) mass is 318 g/mol. The van der Waals surface area contributed by atoms with E-state index >= 15 is 0 Å². The lowest BCUT2D eigenvalue weighted by Gasteiger charge is -2.15. The maximum absolute atomic E-state index is 11.3. The molecule has 2 rings (SSSR count). The van der Waals surface area contributed by atoms with E-state index in [1.807, 2.05) is 0 Å². The minimum atomic E-state index is -3.73. The number of hydrogen-bond donors (Lipinski definition) is 1. The number of hydrogen-bond acceptors (Lipinski definition) is 4. The highest BCUT2D eigenvalue weighted by molar-refractivity contribution is 8.13. The fourth-order valence-electron chi connectivity index (χ4n) is 1.93. The molecule has 0 radical (unpaired) electrons. The van der Waals surface area contributed by atoms with Gasteiger partial charge in [-0.3, -0.25) is 0 Å². The first-order valence-electron chi connectivity index (χ1n) is 6.09. The van der Waals surface area contributed by atoms with Gasteiger partial charge in [0.15, 0.2) is 0 Å². The Bertz CT molecular complexity index is 618. The Kier molecular flexibility index (Phi) is 4.39. The van der Waals surface area contributed by atoms with Crippen LogP contribution < -0.4 is 10.1 Å². The second kappa shape index (κ2) is 5.88. The minimum Gasteiger partial charge on any atom is -0.491 e. The standard InChI is InChI=1S/C12H15ClN2O4S/c1-9-8-10(20(13,17)18)2-3-11(9)19-7-6-15-5-4-14-12(15)16/h2-3,8H,4-7H2,1H3,(H,14,16). The number of benzene rings is 1. The van der Waals surface area contributed by atoms with Crippen molar-refractivity contribution in [2.24, 2.45) is 0 Å². The third-order valence-corrected chi connectivity index (χ3v) is 4.34. The molecule has 0 aliphatic carbocycles. The molecule has 8 heteroatoms. The number of carbonyl (C=O) groups excluding carboxylic acids is 1. The summed E-state index contributed by atoms with van der Waals surface area (Å²) in [6, 6.07) is 4.33. The SMILES string of the molecule is Cc1cc(S(=O)(=O)Cl)ccc1OCCN1CCNC1=O. The van der Waals surface area contributed by atoms with Crippen molar-refractivity contribution in [1.29, 1.82) is 0 Å². The zero-order valence-electron chi connectivity index (χ0n) is 10.9. The summed E-state index contributed by atoms with van der Waals surface area (Å²) in [4.78, 5) is 13.0. The van der Waals surface area contributed by atoms with Gasteiger partial charge in [0.25, 0.3) is 9.05 Å². The van der Waals surface area contributed by atoms with Gasteiger partial charge in [0.1, 0.15) is 12.4 Å². The van der Waals surface area contributed by atoms with Gasteiger partial charge in [-0.2, -0.15) is 0 Å². The number of halogens is 1. The van der Waals surface area contributed by atoms with Gasteiger partial charge in [-0.15, -0.1) is 0 Å². The molecule has 0 bridgehead atoms. The molecule has 110 valence electrons. The Labute approximate surface area is 122 Å². The summed E-state index contributed by atoms with van der Waals surface area (Å²) < 4.78 is 27.9. The summed E-state index contributed by atoms with van der Waals surface area (Å²) in [5, 5.41) is 2.70. The molecule has 1 aromatic rings. The molecular formula is C12H15ClN2O4S. The van der Waals surface area contributed by atoms with Crippen LogP contribution in [-0.2, 0) is 9.05 Å². The van der Waals surface area contributed by atoms with Crippen LogP contribution in [0, 0.1) is 6.92 Å². The molecule has 1 fully saturated rings. The van der Waals surface area contributed by atoms with Crippen molar-refractivity contribution in [3.05, 3.63) is 23.8 Å². The highest BCUT2D eigenvalue weighted by Crippen LogP contribution is 2.23. The zero-order valence-corrected chi connectivity index (χ0v) is 12.5. The van der Waals surface area contributed by atoms with Crippen LogP contribution >= 0.6 is 10.7 Å². The molecule has 0 aromatic heterocycles. The van der Waals surface area contributed by atoms with Gasteiger partial charge < -0.3 is 15.0 Å². The highest BCUT2D eigenvalue weighted by Gasteiger charge is 2.19. The van der Waals surface area contributed by atoms with E-state index in [4.69, 9.17) is 15.4 Å². The summed E-state index contributed by atoms with van der Waals surface area (Å²) in [6.45, 7) is 3.90. The van der Waals surface area contributed by atoms with E-state index < -0.39 is 9.05 Å². The predicted octanol–water partition coefficient (Wildman–Crippen LogP) is 1.33. The summed E-state index contributed by atoms with van der Waals surface area (Å²) in [6.07, 6.45) is 0. The second-order valence-electron chi connectivity index (χ2n) is 4.43. The fraction of sp³-hybridized carbons (Fsp3) is 0.417. The molecule has 1 N–H and O–H groups in total. The van der Waals surface area contributed by atoms with Crippen molar-refractivity contribution in [2.75, 3.05) is 26.2 Å². The number of nitrogens with zero attached hydrogens (tertiary/aromatic N) is 1. The normalized spacial score (nSPS) is 15.3. The summed E-state index contributed by atoms with van der Waals surface area (Å²) in [5.41, 5.74) is 0.678. The molecule has 0 atom stereocenters. The van der Waals surface area contributed by atoms with Gasteiger partial charge in [-0.25, -0.2) is 13.2 Å². The van der Waals surface area contributed by atoms with Crippen molar-refractivity contribution < 1.29 is 17.9 Å². The van der Waals surface area contributed by atoms with Crippen molar-refractivity contribution >= 4 is 25.8 Å². The van der Waals surface area contributed by atoms with E-state index in [0.717, 1.165) is 0 Å². The van der Waals surface area contributed by atoms with Crippen LogP contribution in [0.4, 0.5) is 4.79 Å². The van der Waals surface area contributed by atoms with Crippen LogP contribution in [0.2, 0.25) is 0 Å². The van der Waals surface area contributed by atoms with Crippen LogP contribution in [0.5, 0.6) is 5.75 Å². The molecule has 20 heavy (non-hydrogen) atoms. The Morgan fingerprint density at radius 2 is 2.20 bits per heavy atom. The smallest absolute Gasteiger partial charge is 0.317 e. The molecule has 6 nitrogen and oxygen atoms in total. The average molecular weight is 319 g/mol. The Hall–Kier alpha value is -1.47. The van der Waals surface area contributed by atoms with Gasteiger partial charge in [0, 0.05) is 23.8 Å². The summed E-state index contributed by atoms with van der Waals surface area (Å²) >= 11 is 0. The average Bonchev–Trinajstić information content (AvgIpc) is 2.76. The maximum atomic E-state index is 11.3. The maximum Gasteiger partial charge on any atom is 0.317 e. The summed E-state index contributed by atoms with van der Waals surface area (Å²) in [7, 11) is 1.54. The molecule has 1 saturated heterocycles. The Morgan fingerprint density at radius 3 is 2.75 bits per heavy atom. The molecule has 1 heterocycles. The number of amides is 2. The number of nitrogens with one attached hydrogen (secondary N) is 1. The first kappa shape index (κ1) is 14.9. The molecule has 1 aromatic carbocycles. The van der Waals surface area contributed by atoms with Crippen molar-refractivity contribution in [3.8, 4) is 5.75 Å². The van der Waals surface area contributed by atoms with Crippen LogP contribution in [-0.4, -0.2) is 45.6 Å². The number of urea groups is 1. The topological polar surface area (TPSA) is 75.7 Å². The molecule has 0 spiro atoms. The van der Waals surface area contributed by atoms with Gasteiger partial charge in [0.05, 0.1) is 11.4 Å². The van der Waals surface area contributed by atoms with Crippen LogP contribution in [0.3, 0.4) is 0 Å². The van der Waals surface area contributed by atoms with Crippen molar-refractivity contribution in [3.63, 3.8) is 0 Å². The lowest BCUT2D eigenvalue weighted by atomic mass is 10.2. The first-order chi connectivity index (χ1) is 9.38. The Morgan fingerprint density at radius 1 is 1.45 bits per heavy atom. The quantitative estimate of drug-likeness (QED) is 0.831. The molecular weight excluding hydrogens is 304 g/mol. The zero-order chi connectivity index (χ0) is 14.8. The van der Waals surface area contributed by atoms with Crippen molar-refractivity contribution in [1.82, 2.24) is 10.2 Å². The van der Waals surface area contributed by atoms with Gasteiger partial charge in [0.2, 0.25) is 0 Å². The van der Waals surface area contributed by atoms with Crippen LogP contribution in [0.15, 0.2) is 23.1 Å².